The third-order valence-electron chi connectivity index (χ3n) is 2.78. The molecule has 37 heavy (non-hydrogen) atoms. The Morgan fingerprint density at radius 2 is 1.14 bits per heavy atom. The summed E-state index contributed by atoms with van der Waals surface area (Å²) in [5.74, 6) is 0. The van der Waals surface area contributed by atoms with Crippen LogP contribution in [0.2, 0.25) is 0 Å². The Morgan fingerprint density at radius 1 is 0.838 bits per heavy atom. The summed E-state index contributed by atoms with van der Waals surface area (Å²) < 4.78 is 9.42. The van der Waals surface area contributed by atoms with Crippen molar-refractivity contribution in [1.29, 1.82) is 0 Å². The molecule has 0 rings (SSSR count). The normalized spacial score (nSPS) is 8.81. The summed E-state index contributed by atoms with van der Waals surface area (Å²) in [6.07, 6.45) is 2.89. The number of halogens is 5. The second-order valence-corrected chi connectivity index (χ2v) is 21.5. The predicted octanol–water partition coefficient (Wildman–Crippen LogP) is 0.308. The van der Waals surface area contributed by atoms with Crippen molar-refractivity contribution in [2.75, 3.05) is 33.2 Å². The van der Waals surface area contributed by atoms with E-state index in [1.807, 2.05) is 6.79 Å². The molecule has 0 aromatic rings. The Hall–Kier alpha value is 0.240. The maximum absolute atomic E-state index is 10.4. The molecular weight excluding hydrogens is 1080 g/mol. The molecule has 0 aliphatic heterocycles. The van der Waals surface area contributed by atoms with E-state index in [4.69, 9.17) is 19.7 Å². The minimum absolute atomic E-state index is 0. The number of carbonyl (C=O) groups is 1. The van der Waals surface area contributed by atoms with Gasteiger partial charge in [-0.15, -0.1) is 61.1 Å². The molecule has 0 aromatic heterocycles. The van der Waals surface area contributed by atoms with Crippen LogP contribution in [-0.2, 0) is 14.3 Å². The fourth-order valence-corrected chi connectivity index (χ4v) is 0.780. The van der Waals surface area contributed by atoms with E-state index in [0.717, 1.165) is 13.8 Å². The average molecular weight is 1110 g/mol. The molecule has 226 valence electrons. The number of hydrogen-bond donors (Lipinski definition) is 2. The summed E-state index contributed by atoms with van der Waals surface area (Å²) in [4.78, 5) is 44.4. The maximum atomic E-state index is 10.4. The summed E-state index contributed by atoms with van der Waals surface area (Å²) in [5.41, 5.74) is -4.79. The van der Waals surface area contributed by atoms with E-state index in [2.05, 4.69) is 55.1 Å². The second kappa shape index (κ2) is 38.4. The van der Waals surface area contributed by atoms with Gasteiger partial charge in [0.1, 0.15) is 33.3 Å². The number of aliphatic hydroxyl groups is 2. The van der Waals surface area contributed by atoms with E-state index >= 15 is 0 Å². The van der Waals surface area contributed by atoms with E-state index < -0.39 is 44.2 Å². The Morgan fingerprint density at radius 3 is 1.30 bits per heavy atom. The molecule has 0 unspecified atom stereocenters. The van der Waals surface area contributed by atoms with Crippen molar-refractivity contribution in [3.05, 3.63) is 65.8 Å². The van der Waals surface area contributed by atoms with Crippen molar-refractivity contribution in [2.24, 2.45) is 0 Å². The van der Waals surface area contributed by atoms with Crippen LogP contribution in [0.15, 0.2) is 25.3 Å². The molecule has 22 heteroatoms. The molecule has 2 N–H and O–H groups in total. The van der Waals surface area contributed by atoms with Crippen molar-refractivity contribution < 1.29 is 57.4 Å². The van der Waals surface area contributed by atoms with Crippen molar-refractivity contribution in [2.45, 2.75) is 32.6 Å². The molecule has 0 saturated carbocycles. The van der Waals surface area contributed by atoms with Gasteiger partial charge in [0.15, 0.2) is 13.2 Å². The van der Waals surface area contributed by atoms with Crippen LogP contribution in [0.5, 0.6) is 0 Å². The SMILES string of the molecule is C.C=CCO.C=CCOCOCC(C)([N+](=O)[O-])[N+](=O)[O-].C=O.CC(CO)([N+](=O)[O-])[N+](=O)[O-].I.I.I[I-]I. The molecule has 0 fully saturated rings. The van der Waals surface area contributed by atoms with Gasteiger partial charge < -0.3 is 24.5 Å². The van der Waals surface area contributed by atoms with Crippen molar-refractivity contribution >= 4 is 92.0 Å². The van der Waals surface area contributed by atoms with E-state index in [1.165, 1.54) is 12.2 Å². The van der Waals surface area contributed by atoms with Crippen LogP contribution in [0.3, 0.4) is 0 Å². The zero-order valence-corrected chi connectivity index (χ0v) is 30.1. The number of nitro groups is 4. The summed E-state index contributed by atoms with van der Waals surface area (Å²) in [7, 11) is 0. The molecule has 0 aliphatic carbocycles. The quantitative estimate of drug-likeness (QED) is 0.0668. The van der Waals surface area contributed by atoms with Gasteiger partial charge >= 0.3 is 61.8 Å². The third kappa shape index (κ3) is 32.4. The van der Waals surface area contributed by atoms with E-state index in [1.54, 1.807) is 0 Å². The number of nitrogens with zero attached hydrogens (tertiary/aromatic N) is 4. The van der Waals surface area contributed by atoms with Gasteiger partial charge in [-0.1, -0.05) is 19.6 Å². The molecule has 0 amide bonds. The number of ether oxygens (including phenoxy) is 2. The molecule has 0 bridgehead atoms. The van der Waals surface area contributed by atoms with E-state index in [9.17, 15) is 40.5 Å². The van der Waals surface area contributed by atoms with Gasteiger partial charge in [0.25, 0.3) is 0 Å². The predicted molar refractivity (Wildman–Crippen MR) is 169 cm³/mol. The topological polar surface area (TPSA) is 249 Å². The summed E-state index contributed by atoms with van der Waals surface area (Å²) in [5, 5.41) is 56.6. The number of rotatable bonds is 12. The van der Waals surface area contributed by atoms with Crippen molar-refractivity contribution in [1.82, 2.24) is 0 Å². The Labute approximate surface area is 277 Å². The second-order valence-electron chi connectivity index (χ2n) is 5.27. The van der Waals surface area contributed by atoms with Crippen LogP contribution in [0.25, 0.3) is 0 Å². The monoisotopic (exact) mass is 1110 g/mol. The van der Waals surface area contributed by atoms with E-state index in [-0.39, 0.29) is 75.4 Å². The number of aliphatic hydroxyl groups excluding tert-OH is 2. The van der Waals surface area contributed by atoms with Gasteiger partial charge in [-0.2, -0.15) is 0 Å². The standard InChI is InChI=1S/C7H12N2O6.C3H6N2O5.C3H6O.CH2O.CH4.I3.2HI/c1-3-4-14-6-15-5-7(2,8(10)11)9(12)13;1-3(2-6,4(7)8)5(9)10;1-2-3-4;1-2;;1-3-2;;/h3H,1,4-6H2,2H3;6H,2H2,1H3;2,4H,1,3H2;1H2;1H4;;2*1H/q;;;;;-1;;. The summed E-state index contributed by atoms with van der Waals surface area (Å²) in [6.45, 7) is 8.51. The molecule has 0 spiro atoms. The fraction of sp³-hybridized carbons (Fsp3) is 0.667. The zero-order chi connectivity index (χ0) is 28.4. The van der Waals surface area contributed by atoms with Gasteiger partial charge in [-0.25, -0.2) is 0 Å². The molecular formula is C15H32I5N4O13-. The Kier molecular flexibility index (Phi) is 59.4. The van der Waals surface area contributed by atoms with Crippen molar-refractivity contribution in [3.8, 4) is 0 Å². The number of hydrogen-bond acceptors (Lipinski definition) is 13. The van der Waals surface area contributed by atoms with Crippen LogP contribution >= 0.6 is 85.2 Å². The molecule has 0 aliphatic rings. The van der Waals surface area contributed by atoms with Crippen molar-refractivity contribution in [3.63, 3.8) is 0 Å². The van der Waals surface area contributed by atoms with E-state index in [0.29, 0.717) is 13.3 Å². The summed E-state index contributed by atoms with van der Waals surface area (Å²) in [6, 6.07) is 0. The zero-order valence-electron chi connectivity index (χ0n) is 18.9. The molecule has 0 atom stereocenters. The molecule has 17 nitrogen and oxygen atoms in total. The van der Waals surface area contributed by atoms with Crippen LogP contribution < -0.4 is 13.3 Å². The van der Waals surface area contributed by atoms with Gasteiger partial charge in [0.2, 0.25) is 0 Å². The minimum atomic E-state index is -2.46. The molecule has 0 saturated heterocycles. The first-order chi connectivity index (χ1) is 15.7. The first kappa shape index (κ1) is 57.2. The van der Waals surface area contributed by atoms with Crippen LogP contribution in [-0.4, -0.2) is 81.2 Å². The third-order valence-corrected chi connectivity index (χ3v) is 2.78. The summed E-state index contributed by atoms with van der Waals surface area (Å²) >= 11 is 5.30. The molecule has 0 aromatic carbocycles. The Balaban J connectivity index is -0.0000000555. The van der Waals surface area contributed by atoms with Crippen LogP contribution in [0, 0.1) is 40.5 Å². The first-order valence-corrected chi connectivity index (χ1v) is 20.6. The Bertz CT molecular complexity index is 593. The first-order valence-electron chi connectivity index (χ1n) is 8.06. The molecule has 0 radical (unpaired) electrons. The number of carbonyl (C=O) groups excluding carboxylic acids is 1. The fourth-order valence-electron chi connectivity index (χ4n) is 0.780. The van der Waals surface area contributed by atoms with Gasteiger partial charge in [0, 0.05) is 0 Å². The average Bonchev–Trinajstić information content (AvgIpc) is 2.80. The van der Waals surface area contributed by atoms with Gasteiger partial charge in [-0.05, 0) is 0 Å². The molecule has 0 heterocycles. The van der Waals surface area contributed by atoms with Crippen LogP contribution in [0.1, 0.15) is 21.3 Å². The van der Waals surface area contributed by atoms with Gasteiger partial charge in [0.05, 0.1) is 27.1 Å². The van der Waals surface area contributed by atoms with Gasteiger partial charge in [-0.3, -0.25) is 40.5 Å². The van der Waals surface area contributed by atoms with Crippen LogP contribution in [0.4, 0.5) is 0 Å².